The number of aromatic nitrogens is 1. The number of ketones is 1. The number of pyridine rings is 1. The highest BCUT2D eigenvalue weighted by molar-refractivity contribution is 6.01. The lowest BCUT2D eigenvalue weighted by atomic mass is 9.58. The molecule has 1 N–H and O–H groups in total. The molecule has 0 amide bonds. The van der Waals surface area contributed by atoms with Crippen molar-refractivity contribution in [2.45, 2.75) is 51.6 Å². The van der Waals surface area contributed by atoms with Crippen LogP contribution in [0.25, 0.3) is 11.1 Å². The van der Waals surface area contributed by atoms with Crippen molar-refractivity contribution >= 4 is 5.78 Å². The fraction of sp³-hybridized carbons (Fsp3) is 0.385. The molecule has 6 nitrogen and oxygen atoms in total. The molecule has 1 aromatic heterocycles. The molecule has 32 heavy (non-hydrogen) atoms. The van der Waals surface area contributed by atoms with Gasteiger partial charge in [0.15, 0.2) is 11.9 Å². The molecule has 1 aliphatic carbocycles. The molecule has 0 saturated carbocycles. The van der Waals surface area contributed by atoms with E-state index in [0.717, 1.165) is 46.4 Å². The second-order valence-electron chi connectivity index (χ2n) is 9.58. The Balaban J connectivity index is 1.71. The van der Waals surface area contributed by atoms with Gasteiger partial charge in [-0.1, -0.05) is 39.0 Å². The summed E-state index contributed by atoms with van der Waals surface area (Å²) in [5, 5.41) is 12.2. The van der Waals surface area contributed by atoms with Crippen molar-refractivity contribution in [1.29, 1.82) is 0 Å². The van der Waals surface area contributed by atoms with Gasteiger partial charge in [-0.15, -0.1) is 0 Å². The molecule has 1 aromatic carbocycles. The van der Waals surface area contributed by atoms with Gasteiger partial charge in [-0.25, -0.2) is 4.98 Å². The number of carbonyl (C=O) groups is 1. The van der Waals surface area contributed by atoms with Crippen molar-refractivity contribution in [2.24, 2.45) is 15.6 Å². The van der Waals surface area contributed by atoms with Crippen LogP contribution in [0.5, 0.6) is 5.88 Å². The molecular weight excluding hydrogens is 400 g/mol. The van der Waals surface area contributed by atoms with Gasteiger partial charge < -0.3 is 10.1 Å². The molecule has 5 rings (SSSR count). The van der Waals surface area contributed by atoms with E-state index in [1.165, 1.54) is 0 Å². The monoisotopic (exact) mass is 428 g/mol. The van der Waals surface area contributed by atoms with Gasteiger partial charge in [0.05, 0.1) is 18.7 Å². The molecule has 0 radical (unpaired) electrons. The predicted molar refractivity (Wildman–Crippen MR) is 123 cm³/mol. The summed E-state index contributed by atoms with van der Waals surface area (Å²) >= 11 is 0. The van der Waals surface area contributed by atoms with E-state index in [-0.39, 0.29) is 17.4 Å². The summed E-state index contributed by atoms with van der Waals surface area (Å²) in [7, 11) is 1.62. The molecule has 3 aliphatic rings. The largest absolute Gasteiger partial charge is 0.481 e. The topological polar surface area (TPSA) is 75.9 Å². The van der Waals surface area contributed by atoms with Gasteiger partial charge in [0, 0.05) is 35.5 Å². The number of fused-ring (bicyclic) bond motifs is 1. The van der Waals surface area contributed by atoms with Gasteiger partial charge in [-0.2, -0.15) is 10.2 Å². The van der Waals surface area contributed by atoms with Crippen molar-refractivity contribution in [1.82, 2.24) is 10.3 Å². The number of azo groups is 1. The number of allylic oxidation sites excluding steroid dienone is 2. The second-order valence-corrected chi connectivity index (χ2v) is 9.58. The van der Waals surface area contributed by atoms with E-state index in [2.05, 4.69) is 65.6 Å². The first kappa shape index (κ1) is 20.6. The molecule has 6 heteroatoms. The third-order valence-corrected chi connectivity index (χ3v) is 6.94. The maximum Gasteiger partial charge on any atom is 0.213 e. The highest BCUT2D eigenvalue weighted by Crippen LogP contribution is 2.54. The van der Waals surface area contributed by atoms with Crippen LogP contribution in [-0.2, 0) is 10.2 Å². The zero-order valence-corrected chi connectivity index (χ0v) is 19.0. The Kier molecular flexibility index (Phi) is 4.77. The van der Waals surface area contributed by atoms with Gasteiger partial charge in [0.1, 0.15) is 0 Å². The Morgan fingerprint density at radius 1 is 1.16 bits per heavy atom. The zero-order valence-electron chi connectivity index (χ0n) is 19.0. The van der Waals surface area contributed by atoms with E-state index in [9.17, 15) is 4.79 Å². The van der Waals surface area contributed by atoms with Gasteiger partial charge in [-0.3, -0.25) is 4.79 Å². The number of hydrogen-bond acceptors (Lipinski definition) is 6. The number of benzene rings is 1. The third kappa shape index (κ3) is 3.08. The summed E-state index contributed by atoms with van der Waals surface area (Å²) in [6, 6.07) is 12.4. The van der Waals surface area contributed by atoms with Gasteiger partial charge in [0.2, 0.25) is 5.88 Å². The van der Waals surface area contributed by atoms with Crippen LogP contribution in [0.2, 0.25) is 0 Å². The third-order valence-electron chi connectivity index (χ3n) is 6.94. The SMILES string of the molecule is CC[C@@]1(c2cccc(-c3ccnc(OC)c3)c2)C2=CN=NC2NC2=C1C(=O)CC(C)(C)C2. The maximum absolute atomic E-state index is 13.6. The number of methoxy groups -OCH3 is 1. The highest BCUT2D eigenvalue weighted by Gasteiger charge is 2.52. The van der Waals surface area contributed by atoms with E-state index in [0.29, 0.717) is 12.3 Å². The van der Waals surface area contributed by atoms with Crippen molar-refractivity contribution in [3.63, 3.8) is 0 Å². The fourth-order valence-corrected chi connectivity index (χ4v) is 5.56. The number of rotatable bonds is 4. The van der Waals surface area contributed by atoms with Crippen molar-refractivity contribution in [3.8, 4) is 17.0 Å². The first-order chi connectivity index (χ1) is 15.4. The average molecular weight is 429 g/mol. The summed E-state index contributed by atoms with van der Waals surface area (Å²) in [6.45, 7) is 6.47. The van der Waals surface area contributed by atoms with Crippen LogP contribution in [0.1, 0.15) is 45.6 Å². The van der Waals surface area contributed by atoms with Crippen LogP contribution in [0.15, 0.2) is 75.9 Å². The van der Waals surface area contributed by atoms with Crippen LogP contribution in [0.3, 0.4) is 0 Å². The van der Waals surface area contributed by atoms with Gasteiger partial charge in [0.25, 0.3) is 0 Å². The molecule has 0 saturated heterocycles. The minimum absolute atomic E-state index is 0.0746. The Labute approximate surface area is 188 Å². The number of nitrogens with one attached hydrogen (secondary N) is 1. The Morgan fingerprint density at radius 2 is 1.97 bits per heavy atom. The molecule has 3 heterocycles. The van der Waals surface area contributed by atoms with E-state index in [4.69, 9.17) is 4.74 Å². The number of carbonyl (C=O) groups excluding carboxylic acids is 1. The molecule has 2 aromatic rings. The van der Waals surface area contributed by atoms with E-state index < -0.39 is 5.41 Å². The van der Waals surface area contributed by atoms with E-state index in [1.54, 1.807) is 13.3 Å². The molecule has 0 bridgehead atoms. The van der Waals surface area contributed by atoms with Gasteiger partial charge in [-0.05, 0) is 47.1 Å². The summed E-state index contributed by atoms with van der Waals surface area (Å²) in [6.07, 6.45) is 5.51. The van der Waals surface area contributed by atoms with E-state index in [1.807, 2.05) is 18.3 Å². The first-order valence-corrected chi connectivity index (χ1v) is 11.1. The Morgan fingerprint density at radius 3 is 2.75 bits per heavy atom. The quantitative estimate of drug-likeness (QED) is 0.714. The van der Waals surface area contributed by atoms with Crippen LogP contribution < -0.4 is 10.1 Å². The van der Waals surface area contributed by atoms with Gasteiger partial charge >= 0.3 is 0 Å². The smallest absolute Gasteiger partial charge is 0.213 e. The van der Waals surface area contributed by atoms with E-state index >= 15 is 0 Å². The van der Waals surface area contributed by atoms with Crippen LogP contribution in [-0.4, -0.2) is 24.0 Å². The van der Waals surface area contributed by atoms with Crippen molar-refractivity contribution in [2.75, 3.05) is 7.11 Å². The Hall–Kier alpha value is -3.28. The molecule has 2 atom stereocenters. The lowest BCUT2D eigenvalue weighted by molar-refractivity contribution is -0.119. The number of hydrogen-bond donors (Lipinski definition) is 1. The van der Waals surface area contributed by atoms with Crippen LogP contribution in [0, 0.1) is 5.41 Å². The van der Waals surface area contributed by atoms with Crippen molar-refractivity contribution in [3.05, 3.63) is 71.2 Å². The molecule has 164 valence electrons. The highest BCUT2D eigenvalue weighted by atomic mass is 16.5. The number of nitrogens with zero attached hydrogens (tertiary/aromatic N) is 3. The molecule has 0 spiro atoms. The predicted octanol–water partition coefficient (Wildman–Crippen LogP) is 5.33. The number of Topliss-reactive ketones (excluding diaryl/α,β-unsaturated/α-hetero) is 1. The minimum atomic E-state index is -0.546. The lowest BCUT2D eigenvalue weighted by Crippen LogP contribution is -2.51. The summed E-state index contributed by atoms with van der Waals surface area (Å²) in [4.78, 5) is 17.8. The summed E-state index contributed by atoms with van der Waals surface area (Å²) in [5.74, 6) is 0.790. The molecule has 0 fully saturated rings. The zero-order chi connectivity index (χ0) is 22.5. The number of ether oxygens (including phenoxy) is 1. The minimum Gasteiger partial charge on any atom is -0.481 e. The van der Waals surface area contributed by atoms with Crippen molar-refractivity contribution < 1.29 is 9.53 Å². The maximum atomic E-state index is 13.6. The van der Waals surface area contributed by atoms with Crippen LogP contribution in [0.4, 0.5) is 0 Å². The second kappa shape index (κ2) is 7.40. The van der Waals surface area contributed by atoms with Crippen LogP contribution >= 0.6 is 0 Å². The Bertz CT molecular complexity index is 1190. The average Bonchev–Trinajstić information content (AvgIpc) is 3.25. The summed E-state index contributed by atoms with van der Waals surface area (Å²) < 4.78 is 5.32. The molecule has 2 aliphatic heterocycles. The standard InChI is InChI=1S/C26H28N4O2/c1-5-26(18-8-6-7-16(11-18)17-9-10-27-22(12-17)32-4)19-15-28-30-24(19)29-20-13-25(2,3)14-21(31)23(20)26/h6-12,15,24,29H,5,13-14H2,1-4H3/t24?,26-/m1/s1. The molecule has 1 unspecified atom stereocenters. The lowest BCUT2D eigenvalue weighted by Gasteiger charge is -2.47. The normalized spacial score (nSPS) is 25.7. The fourth-order valence-electron chi connectivity index (χ4n) is 5.56. The summed E-state index contributed by atoms with van der Waals surface area (Å²) in [5.41, 5.74) is 5.52. The first-order valence-electron chi connectivity index (χ1n) is 11.1. The molecular formula is C26H28N4O2.